The average molecular weight is 290 g/mol. The first-order valence-electron chi connectivity index (χ1n) is 8.10. The van der Waals surface area contributed by atoms with E-state index in [9.17, 15) is 0 Å². The fraction of sp³-hybridized carbons (Fsp3) is 0.667. The fourth-order valence-electron chi connectivity index (χ4n) is 3.09. The molecule has 1 aliphatic rings. The van der Waals surface area contributed by atoms with Gasteiger partial charge in [-0.05, 0) is 52.3 Å². The average Bonchev–Trinajstić information content (AvgIpc) is 2.48. The molecule has 0 radical (unpaired) electrons. The molecule has 118 valence electrons. The highest BCUT2D eigenvalue weighted by Gasteiger charge is 2.28. The molecule has 1 saturated heterocycles. The van der Waals surface area contributed by atoms with Gasteiger partial charge in [-0.25, -0.2) is 0 Å². The second-order valence-electron chi connectivity index (χ2n) is 6.53. The number of rotatable bonds is 5. The van der Waals surface area contributed by atoms with Crippen LogP contribution in [0, 0.1) is 13.8 Å². The topological polar surface area (TPSA) is 24.5 Å². The third-order valence-electron chi connectivity index (χ3n) is 4.62. The van der Waals surface area contributed by atoms with Crippen molar-refractivity contribution in [2.24, 2.45) is 0 Å². The Morgan fingerprint density at radius 3 is 2.76 bits per heavy atom. The number of ether oxygens (including phenoxy) is 1. The number of benzene rings is 1. The predicted molar refractivity (Wildman–Crippen MR) is 88.9 cm³/mol. The summed E-state index contributed by atoms with van der Waals surface area (Å²) in [7, 11) is 2.05. The van der Waals surface area contributed by atoms with E-state index >= 15 is 0 Å². The molecule has 0 spiro atoms. The molecule has 0 aliphatic carbocycles. The minimum absolute atomic E-state index is 0.270. The Balaban J connectivity index is 2.07. The summed E-state index contributed by atoms with van der Waals surface area (Å²) in [6, 6.07) is 7.68. The van der Waals surface area contributed by atoms with Crippen molar-refractivity contribution in [1.82, 2.24) is 10.2 Å². The maximum Gasteiger partial charge on any atom is 0.0858 e. The Morgan fingerprint density at radius 2 is 2.10 bits per heavy atom. The maximum atomic E-state index is 6.05. The predicted octanol–water partition coefficient (Wildman–Crippen LogP) is 2.54. The standard InChI is InChI=1S/C18H30N2O/c1-13(2)20-8-9-21-18(12-20)17(19-5)11-16-10-14(3)6-7-15(16)4/h6-7,10,13,17-19H,8-9,11-12H2,1-5H3. The molecule has 1 aromatic rings. The third-order valence-corrected chi connectivity index (χ3v) is 4.62. The Kier molecular flexibility index (Phi) is 5.80. The molecule has 0 aromatic heterocycles. The van der Waals surface area contributed by atoms with Crippen LogP contribution in [-0.2, 0) is 11.2 Å². The number of nitrogens with zero attached hydrogens (tertiary/aromatic N) is 1. The van der Waals surface area contributed by atoms with Crippen molar-refractivity contribution in [2.75, 3.05) is 26.7 Å². The van der Waals surface area contributed by atoms with E-state index in [1.165, 1.54) is 16.7 Å². The molecule has 21 heavy (non-hydrogen) atoms. The maximum absolute atomic E-state index is 6.05. The molecule has 0 amide bonds. The van der Waals surface area contributed by atoms with Crippen LogP contribution in [0.2, 0.25) is 0 Å². The van der Waals surface area contributed by atoms with Gasteiger partial charge >= 0.3 is 0 Å². The molecular weight excluding hydrogens is 260 g/mol. The van der Waals surface area contributed by atoms with Gasteiger partial charge in [-0.15, -0.1) is 0 Å². The number of morpholine rings is 1. The van der Waals surface area contributed by atoms with E-state index in [-0.39, 0.29) is 6.10 Å². The molecule has 1 fully saturated rings. The number of nitrogens with one attached hydrogen (secondary N) is 1. The largest absolute Gasteiger partial charge is 0.374 e. The second kappa shape index (κ2) is 7.39. The summed E-state index contributed by atoms with van der Waals surface area (Å²) in [5, 5.41) is 3.47. The van der Waals surface area contributed by atoms with E-state index < -0.39 is 0 Å². The van der Waals surface area contributed by atoms with Crippen LogP contribution < -0.4 is 5.32 Å². The van der Waals surface area contributed by atoms with Gasteiger partial charge < -0.3 is 10.1 Å². The van der Waals surface area contributed by atoms with Crippen LogP contribution in [0.4, 0.5) is 0 Å². The van der Waals surface area contributed by atoms with E-state index in [4.69, 9.17) is 4.74 Å². The summed E-state index contributed by atoms with van der Waals surface area (Å²) in [5.74, 6) is 0. The molecule has 2 rings (SSSR count). The molecular formula is C18H30N2O. The van der Waals surface area contributed by atoms with Gasteiger partial charge in [0.2, 0.25) is 0 Å². The third kappa shape index (κ3) is 4.29. The van der Waals surface area contributed by atoms with Gasteiger partial charge in [-0.1, -0.05) is 23.8 Å². The van der Waals surface area contributed by atoms with Crippen molar-refractivity contribution >= 4 is 0 Å². The van der Waals surface area contributed by atoms with E-state index in [1.807, 2.05) is 7.05 Å². The highest BCUT2D eigenvalue weighted by Crippen LogP contribution is 2.18. The quantitative estimate of drug-likeness (QED) is 0.902. The zero-order chi connectivity index (χ0) is 15.4. The Labute approximate surface area is 129 Å². The molecule has 2 unspecified atom stereocenters. The first kappa shape index (κ1) is 16.5. The van der Waals surface area contributed by atoms with Crippen molar-refractivity contribution in [3.05, 3.63) is 34.9 Å². The zero-order valence-electron chi connectivity index (χ0n) is 14.1. The van der Waals surface area contributed by atoms with Crippen LogP contribution in [0.25, 0.3) is 0 Å². The van der Waals surface area contributed by atoms with Crippen LogP contribution >= 0.6 is 0 Å². The summed E-state index contributed by atoms with van der Waals surface area (Å²) in [4.78, 5) is 2.52. The normalized spacial score (nSPS) is 21.7. The smallest absolute Gasteiger partial charge is 0.0858 e. The highest BCUT2D eigenvalue weighted by atomic mass is 16.5. The molecule has 2 atom stereocenters. The van der Waals surface area contributed by atoms with Crippen molar-refractivity contribution in [1.29, 1.82) is 0 Å². The summed E-state index contributed by atoms with van der Waals surface area (Å²) in [6.07, 6.45) is 1.30. The van der Waals surface area contributed by atoms with Gasteiger partial charge in [0.05, 0.1) is 12.7 Å². The molecule has 0 saturated carbocycles. The van der Waals surface area contributed by atoms with E-state index in [0.717, 1.165) is 26.1 Å². The fourth-order valence-corrected chi connectivity index (χ4v) is 3.09. The number of hydrogen-bond acceptors (Lipinski definition) is 3. The molecule has 1 heterocycles. The van der Waals surface area contributed by atoms with Crippen molar-refractivity contribution in [3.63, 3.8) is 0 Å². The Hall–Kier alpha value is -0.900. The van der Waals surface area contributed by atoms with Crippen molar-refractivity contribution in [3.8, 4) is 0 Å². The van der Waals surface area contributed by atoms with Crippen LogP contribution in [0.5, 0.6) is 0 Å². The van der Waals surface area contributed by atoms with Gasteiger partial charge in [-0.3, -0.25) is 4.90 Å². The summed E-state index contributed by atoms with van der Waals surface area (Å²) < 4.78 is 6.05. The monoisotopic (exact) mass is 290 g/mol. The molecule has 1 aliphatic heterocycles. The molecule has 1 N–H and O–H groups in total. The number of hydrogen-bond donors (Lipinski definition) is 1. The van der Waals surface area contributed by atoms with Crippen molar-refractivity contribution < 1.29 is 4.74 Å². The van der Waals surface area contributed by atoms with Gasteiger partial charge in [0, 0.05) is 25.2 Å². The molecule has 1 aromatic carbocycles. The summed E-state index contributed by atoms with van der Waals surface area (Å²) in [6.45, 7) is 11.8. The van der Waals surface area contributed by atoms with Gasteiger partial charge in [-0.2, -0.15) is 0 Å². The molecule has 3 nitrogen and oxygen atoms in total. The highest BCUT2D eigenvalue weighted by molar-refractivity contribution is 5.31. The van der Waals surface area contributed by atoms with Crippen molar-refractivity contribution in [2.45, 2.75) is 52.3 Å². The van der Waals surface area contributed by atoms with E-state index in [1.54, 1.807) is 0 Å². The first-order valence-corrected chi connectivity index (χ1v) is 8.10. The number of likely N-dealkylation sites (N-methyl/N-ethyl adjacent to an activating group) is 1. The minimum Gasteiger partial charge on any atom is -0.374 e. The zero-order valence-corrected chi connectivity index (χ0v) is 14.1. The van der Waals surface area contributed by atoms with Crippen LogP contribution in [0.3, 0.4) is 0 Å². The Bertz CT molecular complexity index is 459. The van der Waals surface area contributed by atoms with Gasteiger partial charge in [0.15, 0.2) is 0 Å². The lowest BCUT2D eigenvalue weighted by Gasteiger charge is -2.39. The second-order valence-corrected chi connectivity index (χ2v) is 6.53. The minimum atomic E-state index is 0.270. The Morgan fingerprint density at radius 1 is 1.33 bits per heavy atom. The lowest BCUT2D eigenvalue weighted by Crippen LogP contribution is -2.53. The lowest BCUT2D eigenvalue weighted by atomic mass is 9.95. The van der Waals surface area contributed by atoms with Crippen LogP contribution in [0.1, 0.15) is 30.5 Å². The van der Waals surface area contributed by atoms with E-state index in [2.05, 4.69) is 56.1 Å². The number of aryl methyl sites for hydroxylation is 2. The summed E-state index contributed by atoms with van der Waals surface area (Å²) >= 11 is 0. The molecule has 0 bridgehead atoms. The summed E-state index contributed by atoms with van der Waals surface area (Å²) in [5.41, 5.74) is 4.14. The lowest BCUT2D eigenvalue weighted by molar-refractivity contribution is -0.0542. The van der Waals surface area contributed by atoms with E-state index in [0.29, 0.717) is 12.1 Å². The SMILES string of the molecule is CNC(Cc1cc(C)ccc1C)C1CN(C(C)C)CCO1. The van der Waals surface area contributed by atoms with Gasteiger partial charge in [0.1, 0.15) is 0 Å². The first-order chi connectivity index (χ1) is 10.0. The van der Waals surface area contributed by atoms with Crippen LogP contribution in [-0.4, -0.2) is 49.8 Å². The molecule has 3 heteroatoms. The van der Waals surface area contributed by atoms with Crippen LogP contribution in [0.15, 0.2) is 18.2 Å². The van der Waals surface area contributed by atoms with Gasteiger partial charge in [0.25, 0.3) is 0 Å².